The highest BCUT2D eigenvalue weighted by atomic mass is 16.2. The molecule has 0 aliphatic carbocycles. The molecule has 1 amide bonds. The lowest BCUT2D eigenvalue weighted by Gasteiger charge is -2.24. The Morgan fingerprint density at radius 2 is 2.08 bits per heavy atom. The van der Waals surface area contributed by atoms with Gasteiger partial charge >= 0.3 is 0 Å². The van der Waals surface area contributed by atoms with E-state index in [-0.39, 0.29) is 24.1 Å². The van der Waals surface area contributed by atoms with Gasteiger partial charge in [-0.05, 0) is 25.6 Å². The number of hydrogen-bond acceptors (Lipinski definition) is 5. The molecule has 1 atom stereocenters. The number of aromatic nitrogens is 3. The van der Waals surface area contributed by atoms with E-state index in [2.05, 4.69) is 14.9 Å². The van der Waals surface area contributed by atoms with E-state index in [1.54, 1.807) is 36.8 Å². The van der Waals surface area contributed by atoms with Gasteiger partial charge in [0.05, 0.1) is 6.54 Å². The molecule has 0 saturated carbocycles. The van der Waals surface area contributed by atoms with Crippen LogP contribution in [0, 0.1) is 0 Å². The van der Waals surface area contributed by atoms with Gasteiger partial charge in [-0.2, -0.15) is 0 Å². The number of hydrogen-bond donors (Lipinski definition) is 0. The molecule has 3 heterocycles. The summed E-state index contributed by atoms with van der Waals surface area (Å²) in [4.78, 5) is 36.6. The Morgan fingerprint density at radius 3 is 2.83 bits per heavy atom. The summed E-state index contributed by atoms with van der Waals surface area (Å²) in [5.41, 5.74) is -0.153. The van der Waals surface area contributed by atoms with Crippen molar-refractivity contribution in [1.29, 1.82) is 0 Å². The maximum Gasteiger partial charge on any atom is 0.250 e. The second kappa shape index (κ2) is 7.35. The van der Waals surface area contributed by atoms with Crippen LogP contribution in [0.1, 0.15) is 12.2 Å². The third-order valence-corrected chi connectivity index (χ3v) is 4.35. The lowest BCUT2D eigenvalue weighted by molar-refractivity contribution is -0.131. The van der Waals surface area contributed by atoms with Crippen LogP contribution in [0.3, 0.4) is 0 Å². The molecule has 1 saturated heterocycles. The average Bonchev–Trinajstić information content (AvgIpc) is 3.08. The van der Waals surface area contributed by atoms with Gasteiger partial charge in [-0.15, -0.1) is 0 Å². The predicted octanol–water partition coefficient (Wildman–Crippen LogP) is 0.371. The van der Waals surface area contributed by atoms with Crippen molar-refractivity contribution in [3.8, 4) is 0 Å². The molecule has 7 heteroatoms. The third kappa shape index (κ3) is 3.86. The van der Waals surface area contributed by atoms with Gasteiger partial charge in [0.25, 0.3) is 5.56 Å². The standard InChI is InChI=1S/C17H21N5O2/c1-20(12-15-18-7-4-8-19-15)14-6-10-22(11-14)17(24)13-21-9-3-2-5-16(21)23/h2-5,7-9,14H,6,10-13H2,1H3/t14-/m0/s1. The fraction of sp³-hybridized carbons (Fsp3) is 0.412. The first kappa shape index (κ1) is 16.3. The number of amides is 1. The van der Waals surface area contributed by atoms with Crippen molar-refractivity contribution < 1.29 is 4.79 Å². The molecular weight excluding hydrogens is 306 g/mol. The summed E-state index contributed by atoms with van der Waals surface area (Å²) in [5, 5.41) is 0. The number of nitrogens with zero attached hydrogens (tertiary/aromatic N) is 5. The molecule has 7 nitrogen and oxygen atoms in total. The minimum Gasteiger partial charge on any atom is -0.340 e. The van der Waals surface area contributed by atoms with Crippen LogP contribution in [0.15, 0.2) is 47.7 Å². The van der Waals surface area contributed by atoms with Crippen molar-refractivity contribution in [3.05, 3.63) is 59.0 Å². The highest BCUT2D eigenvalue weighted by Crippen LogP contribution is 2.16. The summed E-state index contributed by atoms with van der Waals surface area (Å²) in [6.45, 7) is 2.14. The number of likely N-dealkylation sites (N-methyl/N-ethyl adjacent to an activating group) is 1. The Balaban J connectivity index is 1.56. The van der Waals surface area contributed by atoms with Crippen LogP contribution in [-0.2, 0) is 17.9 Å². The van der Waals surface area contributed by atoms with Crippen molar-refractivity contribution >= 4 is 5.91 Å². The van der Waals surface area contributed by atoms with E-state index in [1.807, 2.05) is 11.9 Å². The molecule has 1 fully saturated rings. The number of pyridine rings is 1. The summed E-state index contributed by atoms with van der Waals surface area (Å²) in [5.74, 6) is 0.760. The summed E-state index contributed by atoms with van der Waals surface area (Å²) >= 11 is 0. The predicted molar refractivity (Wildman–Crippen MR) is 89.2 cm³/mol. The first-order chi connectivity index (χ1) is 11.6. The van der Waals surface area contributed by atoms with E-state index >= 15 is 0 Å². The van der Waals surface area contributed by atoms with Crippen LogP contribution in [-0.4, -0.2) is 56.4 Å². The van der Waals surface area contributed by atoms with Crippen LogP contribution < -0.4 is 5.56 Å². The fourth-order valence-electron chi connectivity index (χ4n) is 2.93. The van der Waals surface area contributed by atoms with E-state index in [9.17, 15) is 9.59 Å². The Kier molecular flexibility index (Phi) is 5.00. The van der Waals surface area contributed by atoms with Crippen molar-refractivity contribution in [2.24, 2.45) is 0 Å². The van der Waals surface area contributed by atoms with Crippen LogP contribution in [0.25, 0.3) is 0 Å². The summed E-state index contributed by atoms with van der Waals surface area (Å²) < 4.78 is 1.44. The zero-order valence-corrected chi connectivity index (χ0v) is 13.7. The van der Waals surface area contributed by atoms with E-state index in [1.165, 1.54) is 10.6 Å². The number of likely N-dealkylation sites (tertiary alicyclic amines) is 1. The molecule has 2 aromatic heterocycles. The van der Waals surface area contributed by atoms with Gasteiger partial charge in [-0.3, -0.25) is 14.5 Å². The molecule has 2 aromatic rings. The van der Waals surface area contributed by atoms with Gasteiger partial charge in [-0.1, -0.05) is 6.07 Å². The second-order valence-electron chi connectivity index (χ2n) is 6.03. The first-order valence-electron chi connectivity index (χ1n) is 8.03. The first-order valence-corrected chi connectivity index (χ1v) is 8.03. The molecule has 0 spiro atoms. The van der Waals surface area contributed by atoms with Crippen LogP contribution >= 0.6 is 0 Å². The largest absolute Gasteiger partial charge is 0.340 e. The molecule has 0 N–H and O–H groups in total. The van der Waals surface area contributed by atoms with Gasteiger partial charge < -0.3 is 9.47 Å². The van der Waals surface area contributed by atoms with E-state index in [4.69, 9.17) is 0 Å². The molecule has 126 valence electrons. The summed E-state index contributed by atoms with van der Waals surface area (Å²) in [6.07, 6.45) is 6.03. The molecule has 0 unspecified atom stereocenters. The number of rotatable bonds is 5. The van der Waals surface area contributed by atoms with Gasteiger partial charge in [0.2, 0.25) is 5.91 Å². The lowest BCUT2D eigenvalue weighted by Crippen LogP contribution is -2.38. The van der Waals surface area contributed by atoms with E-state index in [0.29, 0.717) is 19.6 Å². The van der Waals surface area contributed by atoms with Crippen LogP contribution in [0.4, 0.5) is 0 Å². The summed E-state index contributed by atoms with van der Waals surface area (Å²) in [6, 6.07) is 6.98. The SMILES string of the molecule is CN(Cc1ncccn1)[C@H]1CCN(C(=O)Cn2ccccc2=O)C1. The van der Waals surface area contributed by atoms with Crippen molar-refractivity contribution in [3.63, 3.8) is 0 Å². The van der Waals surface area contributed by atoms with E-state index < -0.39 is 0 Å². The van der Waals surface area contributed by atoms with Crippen LogP contribution in [0.2, 0.25) is 0 Å². The zero-order chi connectivity index (χ0) is 16.9. The van der Waals surface area contributed by atoms with Crippen LogP contribution in [0.5, 0.6) is 0 Å². The second-order valence-corrected chi connectivity index (χ2v) is 6.03. The normalized spacial score (nSPS) is 17.4. The fourth-order valence-corrected chi connectivity index (χ4v) is 2.93. The molecule has 3 rings (SSSR count). The van der Waals surface area contributed by atoms with Gasteiger partial charge in [-0.25, -0.2) is 9.97 Å². The smallest absolute Gasteiger partial charge is 0.250 e. The minimum absolute atomic E-state index is 0.0184. The monoisotopic (exact) mass is 327 g/mol. The zero-order valence-electron chi connectivity index (χ0n) is 13.7. The molecule has 0 aromatic carbocycles. The topological polar surface area (TPSA) is 71.3 Å². The molecule has 0 bridgehead atoms. The highest BCUT2D eigenvalue weighted by molar-refractivity contribution is 5.76. The average molecular weight is 327 g/mol. The molecule has 1 aliphatic heterocycles. The molecule has 1 aliphatic rings. The number of carbonyl (C=O) groups is 1. The van der Waals surface area contributed by atoms with Crippen molar-refractivity contribution in [1.82, 2.24) is 24.3 Å². The van der Waals surface area contributed by atoms with Crippen molar-refractivity contribution in [2.45, 2.75) is 25.6 Å². The Labute approximate surface area is 140 Å². The minimum atomic E-state index is -0.153. The Hall–Kier alpha value is -2.54. The van der Waals surface area contributed by atoms with Crippen molar-refractivity contribution in [2.75, 3.05) is 20.1 Å². The number of carbonyl (C=O) groups excluding carboxylic acids is 1. The quantitative estimate of drug-likeness (QED) is 0.793. The van der Waals surface area contributed by atoms with E-state index in [0.717, 1.165) is 12.2 Å². The maximum absolute atomic E-state index is 12.4. The third-order valence-electron chi connectivity index (χ3n) is 4.35. The van der Waals surface area contributed by atoms with Gasteiger partial charge in [0.1, 0.15) is 12.4 Å². The van der Waals surface area contributed by atoms with Gasteiger partial charge in [0, 0.05) is 43.8 Å². The molecular formula is C17H21N5O2. The maximum atomic E-state index is 12.4. The Morgan fingerprint density at radius 1 is 1.29 bits per heavy atom. The highest BCUT2D eigenvalue weighted by Gasteiger charge is 2.29. The molecule has 0 radical (unpaired) electrons. The summed E-state index contributed by atoms with van der Waals surface area (Å²) in [7, 11) is 2.02. The lowest BCUT2D eigenvalue weighted by atomic mass is 10.2. The Bertz CT molecular complexity index is 746. The molecule has 24 heavy (non-hydrogen) atoms. The van der Waals surface area contributed by atoms with Gasteiger partial charge in [0.15, 0.2) is 0 Å².